The summed E-state index contributed by atoms with van der Waals surface area (Å²) in [6.45, 7) is 2.17. The first-order chi connectivity index (χ1) is 9.87. The molecular weight excluding hydrogens is 297 g/mol. The van der Waals surface area contributed by atoms with Crippen LogP contribution in [0.3, 0.4) is 0 Å². The van der Waals surface area contributed by atoms with Crippen LogP contribution in [0.2, 0.25) is 0 Å². The van der Waals surface area contributed by atoms with Gasteiger partial charge in [0.1, 0.15) is 5.82 Å². The molecule has 0 aliphatic rings. The second-order valence-electron chi connectivity index (χ2n) is 4.68. The number of hydrogen-bond donors (Lipinski definition) is 1. The maximum atomic E-state index is 13.3. The summed E-state index contributed by atoms with van der Waals surface area (Å²) in [4.78, 5) is 4.13. The number of hydrogen-bond acceptors (Lipinski definition) is 6. The van der Waals surface area contributed by atoms with Crippen molar-refractivity contribution >= 4 is 15.5 Å². The van der Waals surface area contributed by atoms with Crippen molar-refractivity contribution in [2.75, 3.05) is 11.6 Å². The van der Waals surface area contributed by atoms with Crippen LogP contribution in [0.1, 0.15) is 24.2 Å². The maximum Gasteiger partial charge on any atom is 0.226 e. The van der Waals surface area contributed by atoms with Gasteiger partial charge in [0.15, 0.2) is 15.7 Å². The van der Waals surface area contributed by atoms with Crippen molar-refractivity contribution in [3.63, 3.8) is 0 Å². The Kier molecular flexibility index (Phi) is 4.56. The van der Waals surface area contributed by atoms with E-state index >= 15 is 0 Å². The van der Waals surface area contributed by atoms with Crippen LogP contribution < -0.4 is 5.32 Å². The molecule has 2 rings (SSSR count). The van der Waals surface area contributed by atoms with Crippen LogP contribution in [0.4, 0.5) is 10.1 Å². The Morgan fingerprint density at radius 3 is 2.76 bits per heavy atom. The number of aryl methyl sites for hydroxylation is 1. The molecule has 0 aliphatic heterocycles. The monoisotopic (exact) mass is 313 g/mol. The van der Waals surface area contributed by atoms with E-state index in [9.17, 15) is 12.8 Å². The fraction of sp³-hybridized carbons (Fsp3) is 0.385. The second-order valence-corrected chi connectivity index (χ2v) is 6.82. The lowest BCUT2D eigenvalue weighted by Crippen LogP contribution is -2.08. The third kappa shape index (κ3) is 4.52. The molecule has 114 valence electrons. The Morgan fingerprint density at radius 2 is 2.14 bits per heavy atom. The number of aromatic nitrogens is 2. The quantitative estimate of drug-likeness (QED) is 0.877. The van der Waals surface area contributed by atoms with Gasteiger partial charge in [0.05, 0.1) is 12.3 Å². The maximum absolute atomic E-state index is 13.3. The van der Waals surface area contributed by atoms with E-state index in [1.165, 1.54) is 18.2 Å². The molecule has 0 saturated carbocycles. The first-order valence-corrected chi connectivity index (χ1v) is 8.45. The van der Waals surface area contributed by atoms with Crippen LogP contribution in [0, 0.1) is 5.82 Å². The first kappa shape index (κ1) is 15.4. The van der Waals surface area contributed by atoms with Gasteiger partial charge in [0.25, 0.3) is 0 Å². The van der Waals surface area contributed by atoms with Crippen molar-refractivity contribution in [3.8, 4) is 0 Å². The van der Waals surface area contributed by atoms with Crippen LogP contribution in [-0.4, -0.2) is 24.8 Å². The minimum Gasteiger partial charge on any atom is -0.377 e. The zero-order chi connectivity index (χ0) is 15.5. The summed E-state index contributed by atoms with van der Waals surface area (Å²) in [6, 6.07) is 3.97. The van der Waals surface area contributed by atoms with Crippen LogP contribution in [0.25, 0.3) is 0 Å². The van der Waals surface area contributed by atoms with Crippen LogP contribution in [0.5, 0.6) is 0 Å². The van der Waals surface area contributed by atoms with Crippen molar-refractivity contribution in [1.29, 1.82) is 0 Å². The highest BCUT2D eigenvalue weighted by Gasteiger charge is 2.12. The SMILES string of the molecule is CCc1nc(CNc2ccc(F)cc2CS(C)(=O)=O)no1. The van der Waals surface area contributed by atoms with Gasteiger partial charge in [-0.3, -0.25) is 0 Å². The van der Waals surface area contributed by atoms with Gasteiger partial charge in [-0.15, -0.1) is 0 Å². The van der Waals surface area contributed by atoms with Gasteiger partial charge in [-0.2, -0.15) is 4.98 Å². The average molecular weight is 313 g/mol. The number of nitrogens with zero attached hydrogens (tertiary/aromatic N) is 2. The summed E-state index contributed by atoms with van der Waals surface area (Å²) in [6.07, 6.45) is 1.75. The van der Waals surface area contributed by atoms with Gasteiger partial charge in [0.2, 0.25) is 5.89 Å². The number of benzene rings is 1. The summed E-state index contributed by atoms with van der Waals surface area (Å²) < 4.78 is 41.0. The summed E-state index contributed by atoms with van der Waals surface area (Å²) in [5.41, 5.74) is 0.904. The largest absolute Gasteiger partial charge is 0.377 e. The van der Waals surface area contributed by atoms with Crippen molar-refractivity contribution in [1.82, 2.24) is 10.1 Å². The lowest BCUT2D eigenvalue weighted by Gasteiger charge is -2.10. The topological polar surface area (TPSA) is 85.1 Å². The molecule has 0 atom stereocenters. The molecule has 1 N–H and O–H groups in total. The van der Waals surface area contributed by atoms with Gasteiger partial charge in [0, 0.05) is 18.4 Å². The summed E-state index contributed by atoms with van der Waals surface area (Å²) >= 11 is 0. The van der Waals surface area contributed by atoms with Crippen LogP contribution >= 0.6 is 0 Å². The standard InChI is InChI=1S/C13H16FN3O3S/c1-3-13-16-12(17-20-13)7-15-11-5-4-10(14)6-9(11)8-21(2,18)19/h4-6,15H,3,7-8H2,1-2H3. The molecule has 0 saturated heterocycles. The molecule has 0 amide bonds. The Balaban J connectivity index is 2.15. The first-order valence-electron chi connectivity index (χ1n) is 6.39. The number of sulfone groups is 1. The van der Waals surface area contributed by atoms with Gasteiger partial charge in [-0.25, -0.2) is 12.8 Å². The van der Waals surface area contributed by atoms with Crippen molar-refractivity contribution < 1.29 is 17.3 Å². The predicted octanol–water partition coefficient (Wildman–Crippen LogP) is 1.93. The average Bonchev–Trinajstić information content (AvgIpc) is 2.84. The Bertz CT molecular complexity index is 728. The highest BCUT2D eigenvalue weighted by Crippen LogP contribution is 2.20. The Morgan fingerprint density at radius 1 is 1.38 bits per heavy atom. The molecule has 0 aliphatic carbocycles. The molecule has 21 heavy (non-hydrogen) atoms. The van der Waals surface area contributed by atoms with E-state index in [0.29, 0.717) is 29.4 Å². The van der Waals surface area contributed by atoms with E-state index in [2.05, 4.69) is 15.5 Å². The minimum atomic E-state index is -3.26. The Hall–Kier alpha value is -1.96. The van der Waals surface area contributed by atoms with Gasteiger partial charge in [-0.1, -0.05) is 12.1 Å². The van der Waals surface area contributed by atoms with E-state index < -0.39 is 15.7 Å². The number of nitrogens with one attached hydrogen (secondary N) is 1. The van der Waals surface area contributed by atoms with E-state index in [-0.39, 0.29) is 12.3 Å². The molecule has 1 aromatic heterocycles. The molecule has 6 nitrogen and oxygen atoms in total. The summed E-state index contributed by atoms with van der Waals surface area (Å²) in [5.74, 6) is 0.273. The van der Waals surface area contributed by atoms with Crippen molar-refractivity contribution in [3.05, 3.63) is 41.3 Å². The van der Waals surface area contributed by atoms with Gasteiger partial charge < -0.3 is 9.84 Å². The number of rotatable bonds is 6. The third-order valence-electron chi connectivity index (χ3n) is 2.73. The summed E-state index contributed by atoms with van der Waals surface area (Å²) in [7, 11) is -3.26. The molecule has 0 spiro atoms. The van der Waals surface area contributed by atoms with Crippen LogP contribution in [0.15, 0.2) is 22.7 Å². The molecule has 8 heteroatoms. The molecule has 0 fully saturated rings. The van der Waals surface area contributed by atoms with Crippen molar-refractivity contribution in [2.24, 2.45) is 0 Å². The molecule has 0 unspecified atom stereocenters. The van der Waals surface area contributed by atoms with E-state index in [1.54, 1.807) is 0 Å². The fourth-order valence-corrected chi connectivity index (χ4v) is 2.62. The van der Waals surface area contributed by atoms with E-state index in [1.807, 2.05) is 6.92 Å². The number of halogens is 1. The van der Waals surface area contributed by atoms with Gasteiger partial charge >= 0.3 is 0 Å². The predicted molar refractivity (Wildman–Crippen MR) is 76.0 cm³/mol. The second kappa shape index (κ2) is 6.21. The van der Waals surface area contributed by atoms with E-state index in [4.69, 9.17) is 4.52 Å². The highest BCUT2D eigenvalue weighted by atomic mass is 32.2. The van der Waals surface area contributed by atoms with Gasteiger partial charge in [-0.05, 0) is 23.8 Å². The zero-order valence-electron chi connectivity index (χ0n) is 11.8. The molecule has 2 aromatic rings. The highest BCUT2D eigenvalue weighted by molar-refractivity contribution is 7.89. The Labute approximate surface area is 122 Å². The molecule has 1 heterocycles. The molecule has 0 bridgehead atoms. The lowest BCUT2D eigenvalue weighted by molar-refractivity contribution is 0.377. The van der Waals surface area contributed by atoms with Crippen LogP contribution in [-0.2, 0) is 28.6 Å². The minimum absolute atomic E-state index is 0.237. The molecule has 1 aromatic carbocycles. The normalized spacial score (nSPS) is 11.6. The third-order valence-corrected chi connectivity index (χ3v) is 3.57. The molecule has 0 radical (unpaired) electrons. The fourth-order valence-electron chi connectivity index (χ4n) is 1.82. The number of anilines is 1. The van der Waals surface area contributed by atoms with Crippen molar-refractivity contribution in [2.45, 2.75) is 25.6 Å². The van der Waals surface area contributed by atoms with E-state index in [0.717, 1.165) is 6.26 Å². The smallest absolute Gasteiger partial charge is 0.226 e. The lowest BCUT2D eigenvalue weighted by atomic mass is 10.2. The zero-order valence-corrected chi connectivity index (χ0v) is 12.6. The summed E-state index contributed by atoms with van der Waals surface area (Å²) in [5, 5.41) is 6.78. The molecular formula is C13H16FN3O3S.